The lowest BCUT2D eigenvalue weighted by Gasteiger charge is -2.59. The van der Waals surface area contributed by atoms with Crippen LogP contribution in [0.1, 0.15) is 64.7 Å². The summed E-state index contributed by atoms with van der Waals surface area (Å²) in [6.07, 6.45) is 1.75. The van der Waals surface area contributed by atoms with Gasteiger partial charge < -0.3 is 10.8 Å². The first-order valence-electron chi connectivity index (χ1n) is 10.1. The molecule has 0 aromatic heterocycles. The van der Waals surface area contributed by atoms with Gasteiger partial charge in [-0.3, -0.25) is 4.79 Å². The Bertz CT molecular complexity index is 594. The molecule has 0 amide bonds. The van der Waals surface area contributed by atoms with E-state index in [4.69, 9.17) is 5.73 Å². The van der Waals surface area contributed by atoms with Gasteiger partial charge in [-0.05, 0) is 86.9 Å². The summed E-state index contributed by atoms with van der Waals surface area (Å²) >= 11 is 0. The molecular weight excluding hydrogens is 343 g/mol. The van der Waals surface area contributed by atoms with E-state index in [-0.39, 0.29) is 30.1 Å². The molecule has 148 valence electrons. The van der Waals surface area contributed by atoms with Gasteiger partial charge >= 0.3 is 12.1 Å². The van der Waals surface area contributed by atoms with Crippen LogP contribution in [0.2, 0.25) is 0 Å². The first-order chi connectivity index (χ1) is 12.1. The van der Waals surface area contributed by atoms with Crippen LogP contribution in [-0.4, -0.2) is 22.8 Å². The summed E-state index contributed by atoms with van der Waals surface area (Å²) in [6.45, 7) is 2.14. The Morgan fingerprint density at radius 2 is 1.62 bits per heavy atom. The summed E-state index contributed by atoms with van der Waals surface area (Å²) < 4.78 is 39.7. The van der Waals surface area contributed by atoms with Crippen molar-refractivity contribution in [2.24, 2.45) is 46.7 Å². The molecule has 0 spiro atoms. The maximum Gasteiger partial charge on any atom is 0.391 e. The third-order valence-corrected chi connectivity index (χ3v) is 8.90. The Balaban J connectivity index is 1.56. The lowest BCUT2D eigenvalue weighted by molar-refractivity contribution is -0.199. The van der Waals surface area contributed by atoms with Gasteiger partial charge in [0.2, 0.25) is 0 Å². The zero-order valence-electron chi connectivity index (χ0n) is 15.4. The molecule has 4 aliphatic rings. The summed E-state index contributed by atoms with van der Waals surface area (Å²) in [5.74, 6) is -0.796. The number of aliphatic carboxylic acids is 1. The molecule has 4 rings (SSSR count). The van der Waals surface area contributed by atoms with E-state index in [0.717, 1.165) is 32.1 Å². The van der Waals surface area contributed by atoms with E-state index in [1.807, 2.05) is 0 Å². The number of rotatable bonds is 1. The van der Waals surface area contributed by atoms with Crippen molar-refractivity contribution in [2.75, 3.05) is 0 Å². The van der Waals surface area contributed by atoms with E-state index < -0.39 is 23.6 Å². The maximum absolute atomic E-state index is 13.2. The molecular formula is C20H30F3NO2. The van der Waals surface area contributed by atoms with Crippen LogP contribution in [0, 0.1) is 40.9 Å². The second kappa shape index (κ2) is 5.86. The fourth-order valence-electron chi connectivity index (χ4n) is 7.66. The van der Waals surface area contributed by atoms with E-state index in [2.05, 4.69) is 6.92 Å². The summed E-state index contributed by atoms with van der Waals surface area (Å²) in [4.78, 5) is 11.7. The van der Waals surface area contributed by atoms with E-state index in [1.165, 1.54) is 0 Å². The third kappa shape index (κ3) is 2.61. The Hall–Kier alpha value is -0.780. The number of nitrogens with two attached hydrogens (primary N) is 1. The van der Waals surface area contributed by atoms with Gasteiger partial charge in [0.05, 0.1) is 11.8 Å². The molecule has 0 aromatic rings. The summed E-state index contributed by atoms with van der Waals surface area (Å²) in [7, 11) is 0. The van der Waals surface area contributed by atoms with Crippen LogP contribution >= 0.6 is 0 Å². The fourth-order valence-corrected chi connectivity index (χ4v) is 7.66. The topological polar surface area (TPSA) is 63.3 Å². The number of hydrogen-bond donors (Lipinski definition) is 2. The zero-order valence-corrected chi connectivity index (χ0v) is 15.4. The lowest BCUT2D eigenvalue weighted by Crippen LogP contribution is -2.61. The SMILES string of the molecule is CC12CCC3C(CCC4(N)CC(C(F)(F)F)CCC34)C1CCC2C(=O)O. The predicted molar refractivity (Wildman–Crippen MR) is 91.2 cm³/mol. The molecule has 4 saturated carbocycles. The molecule has 0 bridgehead atoms. The van der Waals surface area contributed by atoms with Gasteiger partial charge in [0, 0.05) is 5.54 Å². The van der Waals surface area contributed by atoms with Crippen molar-refractivity contribution in [3.8, 4) is 0 Å². The minimum absolute atomic E-state index is 0.0735. The first-order valence-corrected chi connectivity index (χ1v) is 10.1. The number of alkyl halides is 3. The van der Waals surface area contributed by atoms with Gasteiger partial charge in [0.15, 0.2) is 0 Å². The molecule has 26 heavy (non-hydrogen) atoms. The third-order valence-electron chi connectivity index (χ3n) is 8.90. The molecule has 8 unspecified atom stereocenters. The molecule has 0 heterocycles. The van der Waals surface area contributed by atoms with Crippen LogP contribution in [0.4, 0.5) is 13.2 Å². The number of hydrogen-bond acceptors (Lipinski definition) is 2. The Labute approximate surface area is 152 Å². The van der Waals surface area contributed by atoms with Crippen molar-refractivity contribution in [1.82, 2.24) is 0 Å². The maximum atomic E-state index is 13.2. The number of fused-ring (bicyclic) bond motifs is 5. The summed E-state index contributed by atoms with van der Waals surface area (Å²) in [5.41, 5.74) is 5.78. The molecule has 0 saturated heterocycles. The van der Waals surface area contributed by atoms with Crippen molar-refractivity contribution < 1.29 is 23.1 Å². The lowest BCUT2D eigenvalue weighted by atomic mass is 9.47. The van der Waals surface area contributed by atoms with Crippen LogP contribution in [0.15, 0.2) is 0 Å². The van der Waals surface area contributed by atoms with Crippen molar-refractivity contribution in [3.63, 3.8) is 0 Å². The first kappa shape index (κ1) is 18.6. The van der Waals surface area contributed by atoms with E-state index >= 15 is 0 Å². The average Bonchev–Trinajstić information content (AvgIpc) is 2.90. The van der Waals surface area contributed by atoms with Crippen molar-refractivity contribution in [3.05, 3.63) is 0 Å². The highest BCUT2D eigenvalue weighted by atomic mass is 19.4. The Kier molecular flexibility index (Phi) is 4.18. The highest BCUT2D eigenvalue weighted by Gasteiger charge is 2.61. The van der Waals surface area contributed by atoms with Crippen LogP contribution in [0.3, 0.4) is 0 Å². The quantitative estimate of drug-likeness (QED) is 0.706. The molecule has 3 N–H and O–H groups in total. The fraction of sp³-hybridized carbons (Fsp3) is 0.950. The smallest absolute Gasteiger partial charge is 0.391 e. The van der Waals surface area contributed by atoms with Gasteiger partial charge in [-0.2, -0.15) is 13.2 Å². The van der Waals surface area contributed by atoms with Gasteiger partial charge in [-0.25, -0.2) is 0 Å². The van der Waals surface area contributed by atoms with Crippen LogP contribution in [0.5, 0.6) is 0 Å². The van der Waals surface area contributed by atoms with Crippen molar-refractivity contribution in [1.29, 1.82) is 0 Å². The Morgan fingerprint density at radius 3 is 2.27 bits per heavy atom. The molecule has 0 aliphatic heterocycles. The summed E-state index contributed by atoms with van der Waals surface area (Å²) in [6, 6.07) is 0. The minimum Gasteiger partial charge on any atom is -0.481 e. The largest absolute Gasteiger partial charge is 0.481 e. The van der Waals surface area contributed by atoms with Crippen molar-refractivity contribution >= 4 is 5.97 Å². The Morgan fingerprint density at radius 1 is 1.00 bits per heavy atom. The second-order valence-corrected chi connectivity index (χ2v) is 9.85. The van der Waals surface area contributed by atoms with Gasteiger partial charge in [-0.1, -0.05) is 6.92 Å². The highest BCUT2D eigenvalue weighted by molar-refractivity contribution is 5.71. The molecule has 3 nitrogen and oxygen atoms in total. The average molecular weight is 373 g/mol. The van der Waals surface area contributed by atoms with E-state index in [1.54, 1.807) is 0 Å². The standard InChI is InChI=1S/C20H30F3NO2/c1-18-8-6-13-12(14(18)4-5-16(18)17(25)26)7-9-19(24)10-11(20(21,22)23)2-3-15(13)19/h11-16H,2-10,24H2,1H3,(H,25,26). The molecule has 8 atom stereocenters. The molecule has 6 heteroatoms. The molecule has 0 aromatic carbocycles. The number of carbonyl (C=O) groups is 1. The molecule has 4 aliphatic carbocycles. The molecule has 0 radical (unpaired) electrons. The normalized spacial score (nSPS) is 51.3. The summed E-state index contributed by atoms with van der Waals surface area (Å²) in [5, 5.41) is 9.62. The highest BCUT2D eigenvalue weighted by Crippen LogP contribution is 2.65. The monoisotopic (exact) mass is 373 g/mol. The van der Waals surface area contributed by atoms with Crippen LogP contribution < -0.4 is 5.73 Å². The number of carboxylic acid groups (broad SMARTS) is 1. The van der Waals surface area contributed by atoms with Crippen molar-refractivity contribution in [2.45, 2.75) is 76.4 Å². The van der Waals surface area contributed by atoms with E-state index in [0.29, 0.717) is 30.6 Å². The molecule has 4 fully saturated rings. The van der Waals surface area contributed by atoms with E-state index in [9.17, 15) is 23.1 Å². The number of carboxylic acids is 1. The van der Waals surface area contributed by atoms with Crippen LogP contribution in [0.25, 0.3) is 0 Å². The predicted octanol–water partition coefficient (Wildman–Crippen LogP) is 4.60. The van der Waals surface area contributed by atoms with Gasteiger partial charge in [-0.15, -0.1) is 0 Å². The van der Waals surface area contributed by atoms with Gasteiger partial charge in [0.25, 0.3) is 0 Å². The number of halogens is 3. The van der Waals surface area contributed by atoms with Gasteiger partial charge in [0.1, 0.15) is 0 Å². The minimum atomic E-state index is -4.14. The van der Waals surface area contributed by atoms with Crippen LogP contribution in [-0.2, 0) is 4.79 Å². The second-order valence-electron chi connectivity index (χ2n) is 9.85. The zero-order chi connectivity index (χ0) is 18.9.